The molecule has 0 amide bonds. The highest BCUT2D eigenvalue weighted by Crippen LogP contribution is 2.38. The number of rotatable bonds is 4. The molecule has 0 saturated carbocycles. The van der Waals surface area contributed by atoms with Gasteiger partial charge in [-0.25, -0.2) is 22.0 Å². The lowest BCUT2D eigenvalue weighted by atomic mass is 10.0. The lowest BCUT2D eigenvalue weighted by molar-refractivity contribution is -0.190. The summed E-state index contributed by atoms with van der Waals surface area (Å²) in [6, 6.07) is 8.04. The van der Waals surface area contributed by atoms with E-state index in [0.717, 1.165) is 12.5 Å². The zero-order valence-corrected chi connectivity index (χ0v) is 15.1. The molecule has 0 heterocycles. The Morgan fingerprint density at radius 3 is 1.79 bits per heavy atom. The topological polar surface area (TPSA) is 9.23 Å². The Balaban J connectivity index is 2.02. The van der Waals surface area contributed by atoms with Crippen LogP contribution < -0.4 is 4.74 Å². The predicted molar refractivity (Wildman–Crippen MR) is 92.1 cm³/mol. The lowest BCUT2D eigenvalue weighted by Crippen LogP contribution is -2.26. The van der Waals surface area contributed by atoms with Gasteiger partial charge in [0, 0.05) is 11.6 Å². The fourth-order valence-corrected chi connectivity index (χ4v) is 2.72. The summed E-state index contributed by atoms with van der Waals surface area (Å²) in [5.41, 5.74) is -1.23. The first-order valence-corrected chi connectivity index (χ1v) is 8.28. The maximum Gasteiger partial charge on any atom is 0.432 e. The van der Waals surface area contributed by atoms with Crippen molar-refractivity contribution in [1.82, 2.24) is 0 Å². The van der Waals surface area contributed by atoms with Crippen molar-refractivity contribution >= 4 is 0 Å². The standard InChI is InChI=1S/C21H13F7O/c1-10-3-5-12(6-4-10)13-7-14(22)18(15(23)8-13)21(27,28)29-17-9-16(24)20(26)19(25)11(17)2/h3-9H,1-2H3. The van der Waals surface area contributed by atoms with Crippen molar-refractivity contribution in [2.75, 3.05) is 0 Å². The van der Waals surface area contributed by atoms with Gasteiger partial charge in [0.15, 0.2) is 17.5 Å². The molecule has 3 aromatic carbocycles. The highest BCUT2D eigenvalue weighted by atomic mass is 19.3. The van der Waals surface area contributed by atoms with Gasteiger partial charge in [-0.1, -0.05) is 29.8 Å². The van der Waals surface area contributed by atoms with E-state index in [1.54, 1.807) is 31.2 Å². The van der Waals surface area contributed by atoms with Crippen LogP contribution in [-0.2, 0) is 6.11 Å². The first kappa shape index (κ1) is 20.7. The first-order chi connectivity index (χ1) is 13.5. The number of halogens is 7. The zero-order valence-electron chi connectivity index (χ0n) is 15.1. The van der Waals surface area contributed by atoms with Gasteiger partial charge >= 0.3 is 6.11 Å². The molecule has 1 nitrogen and oxygen atoms in total. The SMILES string of the molecule is Cc1ccc(-c2cc(F)c(C(F)(F)Oc3cc(F)c(F)c(F)c3C)c(F)c2)cc1. The van der Waals surface area contributed by atoms with Gasteiger partial charge in [0.2, 0.25) is 0 Å². The molecular formula is C21H13F7O. The van der Waals surface area contributed by atoms with Crippen LogP contribution in [0, 0.1) is 42.9 Å². The van der Waals surface area contributed by atoms with Gasteiger partial charge in [-0.2, -0.15) is 8.78 Å². The largest absolute Gasteiger partial charge is 0.432 e. The number of ether oxygens (including phenoxy) is 1. The molecule has 0 aliphatic rings. The normalized spacial score (nSPS) is 11.6. The summed E-state index contributed by atoms with van der Waals surface area (Å²) in [7, 11) is 0. The fourth-order valence-electron chi connectivity index (χ4n) is 2.72. The van der Waals surface area contributed by atoms with E-state index in [4.69, 9.17) is 0 Å². The monoisotopic (exact) mass is 414 g/mol. The van der Waals surface area contributed by atoms with Crippen molar-refractivity contribution in [1.29, 1.82) is 0 Å². The number of benzene rings is 3. The number of aryl methyl sites for hydroxylation is 1. The quantitative estimate of drug-likeness (QED) is 0.337. The molecule has 3 aromatic rings. The molecule has 3 rings (SSSR count). The van der Waals surface area contributed by atoms with Gasteiger partial charge in [-0.3, -0.25) is 0 Å². The predicted octanol–water partition coefficient (Wildman–Crippen LogP) is 6.79. The first-order valence-electron chi connectivity index (χ1n) is 8.28. The third-order valence-corrected chi connectivity index (χ3v) is 4.32. The molecule has 0 radical (unpaired) electrons. The minimum atomic E-state index is -4.62. The molecule has 0 aliphatic carbocycles. The molecule has 0 aromatic heterocycles. The van der Waals surface area contributed by atoms with Crippen molar-refractivity contribution < 1.29 is 35.5 Å². The Morgan fingerprint density at radius 2 is 1.24 bits per heavy atom. The minimum absolute atomic E-state index is 0.00889. The second-order valence-corrected chi connectivity index (χ2v) is 6.41. The Hall–Kier alpha value is -3.03. The average molecular weight is 414 g/mol. The third kappa shape index (κ3) is 3.92. The minimum Gasteiger partial charge on any atom is -0.428 e. The van der Waals surface area contributed by atoms with Crippen LogP contribution in [0.25, 0.3) is 11.1 Å². The van der Waals surface area contributed by atoms with Crippen molar-refractivity contribution in [3.8, 4) is 16.9 Å². The van der Waals surface area contributed by atoms with Crippen LogP contribution in [0.2, 0.25) is 0 Å². The van der Waals surface area contributed by atoms with Crippen LogP contribution in [-0.4, -0.2) is 0 Å². The zero-order chi connectivity index (χ0) is 21.5. The number of hydrogen-bond donors (Lipinski definition) is 0. The number of alkyl halides is 2. The molecule has 0 N–H and O–H groups in total. The van der Waals surface area contributed by atoms with Crippen LogP contribution >= 0.6 is 0 Å². The second-order valence-electron chi connectivity index (χ2n) is 6.41. The molecule has 0 atom stereocenters. The van der Waals surface area contributed by atoms with Crippen LogP contribution in [0.4, 0.5) is 30.7 Å². The van der Waals surface area contributed by atoms with Crippen molar-refractivity contribution in [3.63, 3.8) is 0 Å². The Labute approximate surface area is 161 Å². The summed E-state index contributed by atoms with van der Waals surface area (Å²) in [6.45, 7) is 2.66. The Morgan fingerprint density at radius 1 is 0.690 bits per heavy atom. The molecule has 0 unspecified atom stereocenters. The third-order valence-electron chi connectivity index (χ3n) is 4.32. The van der Waals surface area contributed by atoms with Gasteiger partial charge in [0.25, 0.3) is 0 Å². The molecule has 152 valence electrons. The van der Waals surface area contributed by atoms with Crippen LogP contribution in [0.1, 0.15) is 16.7 Å². The van der Waals surface area contributed by atoms with Crippen LogP contribution in [0.3, 0.4) is 0 Å². The van der Waals surface area contributed by atoms with E-state index in [2.05, 4.69) is 4.74 Å². The average Bonchev–Trinajstić information content (AvgIpc) is 2.64. The van der Waals surface area contributed by atoms with E-state index < -0.39 is 52.1 Å². The summed E-state index contributed by atoms with van der Waals surface area (Å²) in [4.78, 5) is 0. The van der Waals surface area contributed by atoms with E-state index in [0.29, 0.717) is 17.7 Å². The second kappa shape index (κ2) is 7.42. The molecule has 0 fully saturated rings. The summed E-state index contributed by atoms with van der Waals surface area (Å²) in [6.07, 6.45) is -4.62. The Bertz CT molecular complexity index is 1050. The fraction of sp³-hybridized carbons (Fsp3) is 0.143. The van der Waals surface area contributed by atoms with E-state index in [9.17, 15) is 30.7 Å². The van der Waals surface area contributed by atoms with Gasteiger partial charge in [0.1, 0.15) is 22.9 Å². The van der Waals surface area contributed by atoms with Crippen LogP contribution in [0.5, 0.6) is 5.75 Å². The van der Waals surface area contributed by atoms with Crippen LogP contribution in [0.15, 0.2) is 42.5 Å². The summed E-state index contributed by atoms with van der Waals surface area (Å²) >= 11 is 0. The smallest absolute Gasteiger partial charge is 0.428 e. The summed E-state index contributed by atoms with van der Waals surface area (Å²) in [5, 5.41) is 0. The van der Waals surface area contributed by atoms with Crippen molar-refractivity contribution in [3.05, 3.63) is 88.2 Å². The Kier molecular flexibility index (Phi) is 5.30. The highest BCUT2D eigenvalue weighted by molar-refractivity contribution is 5.64. The molecule has 8 heteroatoms. The van der Waals surface area contributed by atoms with E-state index in [1.807, 2.05) is 0 Å². The maximum atomic E-state index is 14.5. The van der Waals surface area contributed by atoms with E-state index >= 15 is 0 Å². The highest BCUT2D eigenvalue weighted by Gasteiger charge is 2.42. The molecule has 0 saturated heterocycles. The molecular weight excluding hydrogens is 401 g/mol. The maximum absolute atomic E-state index is 14.5. The summed E-state index contributed by atoms with van der Waals surface area (Å²) < 4.78 is 102. The van der Waals surface area contributed by atoms with Gasteiger partial charge in [-0.15, -0.1) is 0 Å². The van der Waals surface area contributed by atoms with E-state index in [-0.39, 0.29) is 11.6 Å². The van der Waals surface area contributed by atoms with E-state index in [1.165, 1.54) is 0 Å². The summed E-state index contributed by atoms with van der Waals surface area (Å²) in [5.74, 6) is -9.73. The van der Waals surface area contributed by atoms with Gasteiger partial charge in [-0.05, 0) is 37.1 Å². The number of hydrogen-bond acceptors (Lipinski definition) is 1. The van der Waals surface area contributed by atoms with Crippen molar-refractivity contribution in [2.24, 2.45) is 0 Å². The molecule has 0 bridgehead atoms. The van der Waals surface area contributed by atoms with Gasteiger partial charge in [0.05, 0.1) is 0 Å². The molecule has 29 heavy (non-hydrogen) atoms. The lowest BCUT2D eigenvalue weighted by Gasteiger charge is -2.21. The van der Waals surface area contributed by atoms with Crippen molar-refractivity contribution in [2.45, 2.75) is 20.0 Å². The molecule has 0 spiro atoms. The molecule has 0 aliphatic heterocycles. The van der Waals surface area contributed by atoms with Gasteiger partial charge < -0.3 is 4.74 Å².